The third-order valence-corrected chi connectivity index (χ3v) is 15.9. The van der Waals surface area contributed by atoms with Gasteiger partial charge in [-0.2, -0.15) is 0 Å². The fourth-order valence-electron chi connectivity index (χ4n) is 10.6. The highest BCUT2D eigenvalue weighted by molar-refractivity contribution is 8.02. The van der Waals surface area contributed by atoms with Crippen molar-refractivity contribution < 1.29 is 38.2 Å². The Labute approximate surface area is 424 Å². The number of nitrogens with one attached hydrogen (secondary N) is 1. The maximum absolute atomic E-state index is 14.1. The van der Waals surface area contributed by atoms with Gasteiger partial charge in [0.2, 0.25) is 11.8 Å². The van der Waals surface area contributed by atoms with Gasteiger partial charge in [-0.1, -0.05) is 50.2 Å². The number of anilines is 4. The van der Waals surface area contributed by atoms with Gasteiger partial charge >= 0.3 is 0 Å². The first-order chi connectivity index (χ1) is 34.6. The number of likely N-dealkylation sites (tertiary alicyclic amines) is 1. The second-order valence-corrected chi connectivity index (χ2v) is 22.0. The number of imide groups is 1. The van der Waals surface area contributed by atoms with Crippen LogP contribution in [0, 0.1) is 6.92 Å². The molecule has 0 radical (unpaired) electrons. The third-order valence-electron chi connectivity index (χ3n) is 14.4. The van der Waals surface area contributed by atoms with Gasteiger partial charge in [0.05, 0.1) is 46.9 Å². The smallest absolute Gasteiger partial charge is 0.261 e. The topological polar surface area (TPSA) is 150 Å². The van der Waals surface area contributed by atoms with Crippen LogP contribution >= 0.6 is 11.8 Å². The molecule has 0 saturated carbocycles. The molecule has 1 N–H and O–H groups in total. The number of amides is 4. The molecule has 5 heterocycles. The molecule has 14 nitrogen and oxygen atoms in total. The number of Topliss-reactive ketones (excluding diaryl/α,β-unsaturated/α-hetero) is 1. The van der Waals surface area contributed by atoms with Gasteiger partial charge in [0.15, 0.2) is 11.5 Å². The number of thioether (sulfide) groups is 1. The summed E-state index contributed by atoms with van der Waals surface area (Å²) in [7, 11) is 3.61. The molecule has 1 fully saturated rings. The fourth-order valence-corrected chi connectivity index (χ4v) is 12.1. The van der Waals surface area contributed by atoms with E-state index in [2.05, 4.69) is 48.3 Å². The number of ether oxygens (including phenoxy) is 3. The van der Waals surface area contributed by atoms with Gasteiger partial charge < -0.3 is 29.3 Å². The van der Waals surface area contributed by atoms with Gasteiger partial charge in [-0.05, 0) is 103 Å². The van der Waals surface area contributed by atoms with Crippen molar-refractivity contribution >= 4 is 75.8 Å². The van der Waals surface area contributed by atoms with Crippen LogP contribution in [-0.4, -0.2) is 96.4 Å². The Morgan fingerprint density at radius 2 is 1.50 bits per heavy atom. The number of ketones is 1. The number of hydrogen-bond donors (Lipinski definition) is 1. The van der Waals surface area contributed by atoms with E-state index in [9.17, 15) is 24.0 Å². The van der Waals surface area contributed by atoms with Crippen LogP contribution < -0.4 is 34.2 Å². The number of methoxy groups -OCH3 is 1. The molecular formula is C57H60N6O8S. The molecule has 0 bridgehead atoms. The molecule has 1 unspecified atom stereocenters. The highest BCUT2D eigenvalue weighted by Gasteiger charge is 2.42. The van der Waals surface area contributed by atoms with Gasteiger partial charge in [-0.25, -0.2) is 0 Å². The van der Waals surface area contributed by atoms with Crippen LogP contribution in [0.3, 0.4) is 0 Å². The number of benzene rings is 5. The van der Waals surface area contributed by atoms with E-state index in [-0.39, 0.29) is 78.8 Å². The van der Waals surface area contributed by atoms with Gasteiger partial charge in [0, 0.05) is 86.1 Å². The Morgan fingerprint density at radius 1 is 0.819 bits per heavy atom. The zero-order valence-electron chi connectivity index (χ0n) is 41.7. The number of hydrogen-bond acceptors (Lipinski definition) is 12. The summed E-state index contributed by atoms with van der Waals surface area (Å²) < 4.78 is 18.7. The number of aliphatic imine (C=N–C) groups is 1. The zero-order valence-corrected chi connectivity index (χ0v) is 42.5. The van der Waals surface area contributed by atoms with E-state index in [1.165, 1.54) is 29.1 Å². The minimum atomic E-state index is -0.466. The zero-order chi connectivity index (χ0) is 50.4. The molecule has 5 aromatic rings. The summed E-state index contributed by atoms with van der Waals surface area (Å²) in [5, 5.41) is 3.09. The summed E-state index contributed by atoms with van der Waals surface area (Å²) in [5.74, 6) is 0.905. The number of fused-ring (bicyclic) bond motifs is 8. The molecule has 5 aromatic carbocycles. The number of carbonyl (C=O) groups is 5. The van der Waals surface area contributed by atoms with Crippen molar-refractivity contribution in [2.45, 2.75) is 102 Å². The van der Waals surface area contributed by atoms with E-state index in [1.54, 1.807) is 19.2 Å². The first kappa shape index (κ1) is 48.5. The second kappa shape index (κ2) is 19.8. The normalized spacial score (nSPS) is 18.6. The Kier molecular flexibility index (Phi) is 13.3. The molecule has 10 rings (SSSR count). The molecule has 1 saturated heterocycles. The van der Waals surface area contributed by atoms with Gasteiger partial charge in [-0.3, -0.25) is 38.8 Å². The number of rotatable bonds is 17. The van der Waals surface area contributed by atoms with Crippen molar-refractivity contribution in [2.24, 2.45) is 4.99 Å². The van der Waals surface area contributed by atoms with Crippen LogP contribution in [0.5, 0.6) is 17.2 Å². The standard InChI is InChI=1S/C57H60N6O8S/c1-34-20-43-45(58-30-41-24-38-12-7-9-14-47(38)62(41)54(43)66)27-49(34)70-32-36-21-37(23-40(22-36)60(5)18-11-17-57(3,4)72-52-29-53(65)61(56(52)68)19-16-35(2)64)33-71-51-28-46-44(26-50(51)69-6)55(67)63-42(31-59-46)25-39-13-8-10-15-48(39)63/h7-10,12-15,20-23,26-28,31,41-42,52,58H,11,16-19,24-25,29-30,32-33H2,1-6H3/t41-,42-,52?/m0/s1. The van der Waals surface area contributed by atoms with Crippen LogP contribution in [0.2, 0.25) is 0 Å². The highest BCUT2D eigenvalue weighted by atomic mass is 32.2. The molecule has 5 aliphatic rings. The third kappa shape index (κ3) is 9.66. The molecule has 4 amide bonds. The Balaban J connectivity index is 0.870. The van der Waals surface area contributed by atoms with Gasteiger partial charge in [-0.15, -0.1) is 11.8 Å². The molecular weight excluding hydrogens is 929 g/mol. The van der Waals surface area contributed by atoms with Crippen molar-refractivity contribution in [3.05, 3.63) is 130 Å². The molecule has 72 heavy (non-hydrogen) atoms. The van der Waals surface area contributed by atoms with E-state index in [4.69, 9.17) is 19.2 Å². The Morgan fingerprint density at radius 3 is 2.22 bits per heavy atom. The maximum Gasteiger partial charge on any atom is 0.261 e. The summed E-state index contributed by atoms with van der Waals surface area (Å²) in [5.41, 5.74) is 10.1. The van der Waals surface area contributed by atoms with Gasteiger partial charge in [0.25, 0.3) is 11.8 Å². The first-order valence-corrected chi connectivity index (χ1v) is 25.6. The lowest BCUT2D eigenvalue weighted by atomic mass is 10.1. The van der Waals surface area contributed by atoms with E-state index in [0.717, 1.165) is 64.3 Å². The van der Waals surface area contributed by atoms with Crippen molar-refractivity contribution in [3.63, 3.8) is 0 Å². The van der Waals surface area contributed by atoms with Crippen LogP contribution in [0.4, 0.5) is 28.4 Å². The summed E-state index contributed by atoms with van der Waals surface area (Å²) in [6, 6.07) is 29.5. The number of carbonyl (C=O) groups excluding carboxylic acids is 5. The monoisotopic (exact) mass is 988 g/mol. The minimum Gasteiger partial charge on any atom is -0.493 e. The first-order valence-electron chi connectivity index (χ1n) is 24.7. The molecule has 0 aromatic heterocycles. The lowest BCUT2D eigenvalue weighted by molar-refractivity contribution is -0.138. The quantitative estimate of drug-likeness (QED) is 0.0889. The largest absolute Gasteiger partial charge is 0.493 e. The van der Waals surface area contributed by atoms with E-state index in [0.29, 0.717) is 53.6 Å². The fraction of sp³-hybridized carbons (Fsp3) is 0.368. The van der Waals surface area contributed by atoms with E-state index in [1.807, 2.05) is 84.6 Å². The molecule has 15 heteroatoms. The Hall–Kier alpha value is -7.13. The Bertz CT molecular complexity index is 3040. The molecule has 0 spiro atoms. The predicted octanol–water partition coefficient (Wildman–Crippen LogP) is 9.28. The van der Waals surface area contributed by atoms with Crippen molar-refractivity contribution in [3.8, 4) is 17.2 Å². The van der Waals surface area contributed by atoms with Crippen LogP contribution in [0.15, 0.2) is 96.0 Å². The molecule has 3 atom stereocenters. The summed E-state index contributed by atoms with van der Waals surface area (Å²) in [6.07, 6.45) is 5.25. The van der Waals surface area contributed by atoms with Crippen molar-refractivity contribution in [1.29, 1.82) is 0 Å². The number of nitrogens with zero attached hydrogens (tertiary/aromatic N) is 5. The van der Waals surface area contributed by atoms with Gasteiger partial charge in [0.1, 0.15) is 24.7 Å². The average molecular weight is 989 g/mol. The second-order valence-electron chi connectivity index (χ2n) is 20.1. The van der Waals surface area contributed by atoms with Crippen LogP contribution in [0.25, 0.3) is 0 Å². The highest BCUT2D eigenvalue weighted by Crippen LogP contribution is 2.43. The summed E-state index contributed by atoms with van der Waals surface area (Å²) >= 11 is 1.53. The summed E-state index contributed by atoms with van der Waals surface area (Å²) in [6.45, 7) is 9.53. The number of para-hydroxylation sites is 2. The van der Waals surface area contributed by atoms with Crippen molar-refractivity contribution in [1.82, 2.24) is 4.90 Å². The van der Waals surface area contributed by atoms with E-state index >= 15 is 0 Å². The molecule has 0 aliphatic carbocycles. The van der Waals surface area contributed by atoms with Crippen molar-refractivity contribution in [2.75, 3.05) is 53.8 Å². The average Bonchev–Trinajstić information content (AvgIpc) is 3.95. The maximum atomic E-state index is 14.1. The molecule has 5 aliphatic heterocycles. The lowest BCUT2D eigenvalue weighted by Gasteiger charge is -2.28. The van der Waals surface area contributed by atoms with Crippen LogP contribution in [0.1, 0.15) is 95.0 Å². The SMILES string of the molecule is COc1cc2c(cc1OCc1cc(COc3cc4c(cc3C)C(=O)N3c5ccccc5C[C@H]3CN4)cc(N(C)CCCC(C)(C)SC3CC(=O)N(CCC(C)=O)C3=O)c1)N=C[C@@H]1Cc3ccccc3N1C2=O. The van der Waals surface area contributed by atoms with Crippen LogP contribution in [-0.2, 0) is 40.4 Å². The number of aryl methyl sites for hydroxylation is 1. The lowest BCUT2D eigenvalue weighted by Crippen LogP contribution is -2.39. The molecule has 372 valence electrons. The summed E-state index contributed by atoms with van der Waals surface area (Å²) in [4.78, 5) is 77.7. The minimum absolute atomic E-state index is 0.0199. The predicted molar refractivity (Wildman–Crippen MR) is 282 cm³/mol. The van der Waals surface area contributed by atoms with E-state index < -0.39 is 5.25 Å².